The van der Waals surface area contributed by atoms with Gasteiger partial charge in [-0.2, -0.15) is 8.78 Å². The quantitative estimate of drug-likeness (QED) is 0.190. The van der Waals surface area contributed by atoms with E-state index >= 15 is 8.78 Å². The van der Waals surface area contributed by atoms with Gasteiger partial charge in [-0.25, -0.2) is 0 Å². The van der Waals surface area contributed by atoms with Crippen LogP contribution in [0.1, 0.15) is 11.1 Å². The van der Waals surface area contributed by atoms with Crippen LogP contribution in [0.3, 0.4) is 0 Å². The van der Waals surface area contributed by atoms with Crippen molar-refractivity contribution in [2.45, 2.75) is 5.92 Å². The van der Waals surface area contributed by atoms with Crippen molar-refractivity contribution in [3.8, 4) is 0 Å². The van der Waals surface area contributed by atoms with E-state index in [-0.39, 0.29) is 11.1 Å². The fourth-order valence-electron chi connectivity index (χ4n) is 5.01. The third-order valence-corrected chi connectivity index (χ3v) is 7.03. The van der Waals surface area contributed by atoms with Gasteiger partial charge in [0.05, 0.1) is 0 Å². The third-order valence-electron chi connectivity index (χ3n) is 7.03. The zero-order chi connectivity index (χ0) is 28.1. The number of rotatable bonds is 8. The molecular formula is C37H28F2N2. The highest BCUT2D eigenvalue weighted by Gasteiger charge is 2.34. The molecular weight excluding hydrogens is 510 g/mol. The van der Waals surface area contributed by atoms with Crippen molar-refractivity contribution >= 4 is 34.1 Å². The Balaban J connectivity index is 1.30. The molecule has 0 radical (unpaired) electrons. The second kappa shape index (κ2) is 11.5. The maximum atomic E-state index is 15.8. The highest BCUT2D eigenvalue weighted by Crippen LogP contribution is 2.41. The molecule has 6 rings (SSSR count). The number of anilines is 6. The van der Waals surface area contributed by atoms with E-state index in [9.17, 15) is 0 Å². The maximum absolute atomic E-state index is 15.8. The summed E-state index contributed by atoms with van der Waals surface area (Å²) in [5.74, 6) is -3.16. The van der Waals surface area contributed by atoms with Crippen LogP contribution in [0.4, 0.5) is 42.9 Å². The van der Waals surface area contributed by atoms with Crippen LogP contribution in [0, 0.1) is 0 Å². The van der Waals surface area contributed by atoms with Crippen LogP contribution in [-0.2, 0) is 5.92 Å². The predicted molar refractivity (Wildman–Crippen MR) is 165 cm³/mol. The molecule has 0 saturated carbocycles. The Hall–Kier alpha value is -5.22. The average molecular weight is 539 g/mol. The molecule has 200 valence electrons. The Kier molecular flexibility index (Phi) is 7.29. The zero-order valence-electron chi connectivity index (χ0n) is 22.3. The van der Waals surface area contributed by atoms with E-state index in [1.807, 2.05) is 121 Å². The van der Waals surface area contributed by atoms with Crippen molar-refractivity contribution in [2.24, 2.45) is 0 Å². The summed E-state index contributed by atoms with van der Waals surface area (Å²) >= 11 is 0. The molecule has 0 aliphatic carbocycles. The maximum Gasteiger partial charge on any atom is 0.298 e. The van der Waals surface area contributed by atoms with Gasteiger partial charge in [0.2, 0.25) is 0 Å². The second-order valence-corrected chi connectivity index (χ2v) is 9.68. The van der Waals surface area contributed by atoms with Crippen LogP contribution >= 0.6 is 0 Å². The summed E-state index contributed by atoms with van der Waals surface area (Å²) in [5, 5.41) is 0. The molecule has 0 unspecified atom stereocenters. The highest BCUT2D eigenvalue weighted by atomic mass is 19.3. The first-order valence-corrected chi connectivity index (χ1v) is 13.5. The Morgan fingerprint density at radius 3 is 0.756 bits per heavy atom. The predicted octanol–water partition coefficient (Wildman–Crippen LogP) is 10.8. The fraction of sp³-hybridized carbons (Fsp3) is 0.0270. The molecule has 0 heterocycles. The number of hydrogen-bond donors (Lipinski definition) is 0. The SMILES string of the molecule is FC(F)(c1ccc(N(c2ccccc2)c2ccccc2)cc1)c1ccc(N(c2ccccc2)c2ccccc2)cc1. The van der Waals surface area contributed by atoms with Crippen LogP contribution < -0.4 is 9.80 Å². The number of para-hydroxylation sites is 4. The lowest BCUT2D eigenvalue weighted by Crippen LogP contribution is -2.16. The Morgan fingerprint density at radius 1 is 0.293 bits per heavy atom. The number of benzene rings is 6. The van der Waals surface area contributed by atoms with Gasteiger partial charge in [0.25, 0.3) is 5.92 Å². The number of halogens is 2. The number of alkyl halides is 2. The largest absolute Gasteiger partial charge is 0.311 e. The summed E-state index contributed by atoms with van der Waals surface area (Å²) < 4.78 is 31.6. The lowest BCUT2D eigenvalue weighted by atomic mass is 9.99. The molecule has 2 nitrogen and oxygen atoms in total. The molecule has 0 N–H and O–H groups in total. The van der Waals surface area contributed by atoms with E-state index in [4.69, 9.17) is 0 Å². The van der Waals surface area contributed by atoms with Gasteiger partial charge in [-0.15, -0.1) is 0 Å². The molecule has 41 heavy (non-hydrogen) atoms. The van der Waals surface area contributed by atoms with E-state index in [1.54, 1.807) is 24.3 Å². The Labute approximate surface area is 239 Å². The number of nitrogens with zero attached hydrogens (tertiary/aromatic N) is 2. The summed E-state index contributed by atoms with van der Waals surface area (Å²) in [6, 6.07) is 52.7. The van der Waals surface area contributed by atoms with Crippen molar-refractivity contribution in [2.75, 3.05) is 9.80 Å². The molecule has 0 aromatic heterocycles. The van der Waals surface area contributed by atoms with Gasteiger partial charge in [0.15, 0.2) is 0 Å². The molecule has 6 aromatic carbocycles. The molecule has 0 amide bonds. The molecule has 4 heteroatoms. The van der Waals surface area contributed by atoms with E-state index in [2.05, 4.69) is 9.80 Å². The van der Waals surface area contributed by atoms with Gasteiger partial charge in [-0.1, -0.05) is 97.1 Å². The van der Waals surface area contributed by atoms with Gasteiger partial charge in [0, 0.05) is 45.3 Å². The minimum Gasteiger partial charge on any atom is -0.311 e. The van der Waals surface area contributed by atoms with Crippen molar-refractivity contribution < 1.29 is 8.78 Å². The minimum absolute atomic E-state index is 0.0574. The van der Waals surface area contributed by atoms with Crippen molar-refractivity contribution in [3.63, 3.8) is 0 Å². The van der Waals surface area contributed by atoms with Crippen LogP contribution in [0.5, 0.6) is 0 Å². The normalized spacial score (nSPS) is 11.2. The fourth-order valence-corrected chi connectivity index (χ4v) is 5.01. The number of hydrogen-bond acceptors (Lipinski definition) is 2. The van der Waals surface area contributed by atoms with Crippen LogP contribution in [0.2, 0.25) is 0 Å². The van der Waals surface area contributed by atoms with E-state index in [1.165, 1.54) is 24.3 Å². The zero-order valence-corrected chi connectivity index (χ0v) is 22.3. The average Bonchev–Trinajstić information content (AvgIpc) is 3.04. The van der Waals surface area contributed by atoms with Gasteiger partial charge < -0.3 is 9.80 Å². The smallest absolute Gasteiger partial charge is 0.298 e. The second-order valence-electron chi connectivity index (χ2n) is 9.68. The van der Waals surface area contributed by atoms with E-state index < -0.39 is 5.92 Å². The summed E-state index contributed by atoms with van der Waals surface area (Å²) in [5.41, 5.74) is 5.31. The minimum atomic E-state index is -3.16. The van der Waals surface area contributed by atoms with Crippen molar-refractivity contribution in [1.29, 1.82) is 0 Å². The standard InChI is InChI=1S/C37H28F2N2/c38-37(39,29-21-25-35(26-22-29)40(31-13-5-1-6-14-31)32-15-7-2-8-16-32)30-23-27-36(28-24-30)41(33-17-9-3-10-18-33)34-19-11-4-12-20-34/h1-28H. The lowest BCUT2D eigenvalue weighted by Gasteiger charge is -2.27. The summed E-state index contributed by atoms with van der Waals surface area (Å²) in [4.78, 5) is 4.11. The monoisotopic (exact) mass is 538 g/mol. The van der Waals surface area contributed by atoms with Crippen LogP contribution in [0.25, 0.3) is 0 Å². The van der Waals surface area contributed by atoms with Gasteiger partial charge >= 0.3 is 0 Å². The summed E-state index contributed by atoms with van der Waals surface area (Å²) in [7, 11) is 0. The van der Waals surface area contributed by atoms with Gasteiger partial charge in [0.1, 0.15) is 0 Å². The topological polar surface area (TPSA) is 6.48 Å². The van der Waals surface area contributed by atoms with E-state index in [0.717, 1.165) is 34.1 Å². The van der Waals surface area contributed by atoms with E-state index in [0.29, 0.717) is 0 Å². The highest BCUT2D eigenvalue weighted by molar-refractivity contribution is 5.77. The summed E-state index contributed by atoms with van der Waals surface area (Å²) in [6.45, 7) is 0. The molecule has 0 bridgehead atoms. The lowest BCUT2D eigenvalue weighted by molar-refractivity contribution is 0.0429. The molecule has 0 atom stereocenters. The molecule has 0 saturated heterocycles. The molecule has 0 aliphatic rings. The third kappa shape index (κ3) is 5.45. The van der Waals surface area contributed by atoms with Crippen molar-refractivity contribution in [1.82, 2.24) is 0 Å². The van der Waals surface area contributed by atoms with Crippen LogP contribution in [-0.4, -0.2) is 0 Å². The Morgan fingerprint density at radius 2 is 0.512 bits per heavy atom. The first kappa shape index (κ1) is 26.0. The first-order valence-electron chi connectivity index (χ1n) is 13.5. The molecule has 0 fully saturated rings. The molecule has 0 aliphatic heterocycles. The van der Waals surface area contributed by atoms with Crippen LogP contribution in [0.15, 0.2) is 170 Å². The van der Waals surface area contributed by atoms with Gasteiger partial charge in [-0.05, 0) is 72.8 Å². The summed E-state index contributed by atoms with van der Waals surface area (Å²) in [6.07, 6.45) is 0. The van der Waals surface area contributed by atoms with Crippen molar-refractivity contribution in [3.05, 3.63) is 181 Å². The molecule has 6 aromatic rings. The van der Waals surface area contributed by atoms with Gasteiger partial charge in [-0.3, -0.25) is 0 Å². The first-order chi connectivity index (χ1) is 20.1. The molecule has 0 spiro atoms. The Bertz CT molecular complexity index is 1460.